The van der Waals surface area contributed by atoms with Gasteiger partial charge in [0.25, 0.3) is 17.7 Å². The highest BCUT2D eigenvalue weighted by Gasteiger charge is 2.51. The number of hydrogen-bond donors (Lipinski definition) is 3. The number of aliphatic hydroxyl groups is 1. The number of carbonyl (C=O) groups is 3. The molecule has 3 atom stereocenters. The largest absolute Gasteiger partial charge is 0.381 e. The second kappa shape index (κ2) is 12.2. The topological polar surface area (TPSA) is 112 Å². The van der Waals surface area contributed by atoms with E-state index in [1.165, 1.54) is 18.2 Å². The van der Waals surface area contributed by atoms with Crippen LogP contribution >= 0.6 is 11.3 Å². The molecule has 2 heterocycles. The molecule has 1 aromatic heterocycles. The van der Waals surface area contributed by atoms with Crippen molar-refractivity contribution in [2.75, 3.05) is 6.54 Å². The fourth-order valence-electron chi connectivity index (χ4n) is 4.66. The van der Waals surface area contributed by atoms with Gasteiger partial charge in [0.15, 0.2) is 6.10 Å². The molecule has 1 saturated heterocycles. The van der Waals surface area contributed by atoms with Crippen molar-refractivity contribution in [1.29, 1.82) is 0 Å². The highest BCUT2D eigenvalue weighted by atomic mass is 32.1. The van der Waals surface area contributed by atoms with E-state index in [0.717, 1.165) is 11.3 Å². The van der Waals surface area contributed by atoms with E-state index in [4.69, 9.17) is 0 Å². The third kappa shape index (κ3) is 7.05. The summed E-state index contributed by atoms with van der Waals surface area (Å²) in [5.41, 5.74) is 1.58. The molecule has 8 nitrogen and oxygen atoms in total. The van der Waals surface area contributed by atoms with E-state index in [1.54, 1.807) is 50.2 Å². The summed E-state index contributed by atoms with van der Waals surface area (Å²) in [5, 5.41) is 16.9. The molecule has 3 amide bonds. The predicted octanol–water partition coefficient (Wildman–Crippen LogP) is 3.15. The number of benzene rings is 2. The van der Waals surface area contributed by atoms with Crippen LogP contribution in [-0.2, 0) is 22.6 Å². The van der Waals surface area contributed by atoms with Crippen molar-refractivity contribution in [3.05, 3.63) is 87.1 Å². The van der Waals surface area contributed by atoms with Crippen molar-refractivity contribution in [2.24, 2.45) is 0 Å². The van der Waals surface area contributed by atoms with E-state index in [9.17, 15) is 32.7 Å². The maximum Gasteiger partial charge on any atom is 0.267 e. The molecule has 0 aliphatic carbocycles. The number of nitrogens with one attached hydrogen (secondary N) is 2. The summed E-state index contributed by atoms with van der Waals surface area (Å²) in [6, 6.07) is 11.4. The highest BCUT2D eigenvalue weighted by Crippen LogP contribution is 2.33. The summed E-state index contributed by atoms with van der Waals surface area (Å²) < 4.78 is 42.5. The van der Waals surface area contributed by atoms with E-state index < -0.39 is 60.6 Å². The van der Waals surface area contributed by atoms with Crippen molar-refractivity contribution in [2.45, 2.75) is 57.3 Å². The molecule has 212 valence electrons. The molecule has 40 heavy (non-hydrogen) atoms. The first kappa shape index (κ1) is 29.2. The van der Waals surface area contributed by atoms with Gasteiger partial charge in [-0.05, 0) is 43.5 Å². The van der Waals surface area contributed by atoms with Crippen molar-refractivity contribution in [1.82, 2.24) is 20.5 Å². The van der Waals surface area contributed by atoms with Gasteiger partial charge in [-0.15, -0.1) is 11.3 Å². The number of likely N-dealkylation sites (tertiary alicyclic amines) is 1. The summed E-state index contributed by atoms with van der Waals surface area (Å²) in [5.74, 6) is -6.42. The zero-order valence-corrected chi connectivity index (χ0v) is 22.7. The number of aryl methyl sites for hydroxylation is 2. The number of aliphatic hydroxyl groups excluding tert-OH is 1. The first-order valence-electron chi connectivity index (χ1n) is 12.6. The fourth-order valence-corrected chi connectivity index (χ4v) is 5.49. The quantitative estimate of drug-likeness (QED) is 0.364. The van der Waals surface area contributed by atoms with Gasteiger partial charge in [0.1, 0.15) is 16.7 Å². The Balaban J connectivity index is 1.53. The molecule has 0 spiro atoms. The molecule has 0 radical (unpaired) electrons. The third-order valence-corrected chi connectivity index (χ3v) is 7.64. The second-order valence-electron chi connectivity index (χ2n) is 9.75. The van der Waals surface area contributed by atoms with Crippen molar-refractivity contribution < 1.29 is 32.7 Å². The molecule has 0 unspecified atom stereocenters. The van der Waals surface area contributed by atoms with Crippen LogP contribution in [0.5, 0.6) is 0 Å². The maximum atomic E-state index is 14.5. The van der Waals surface area contributed by atoms with Gasteiger partial charge >= 0.3 is 0 Å². The summed E-state index contributed by atoms with van der Waals surface area (Å²) in [6.07, 6.45) is -2.84. The van der Waals surface area contributed by atoms with Gasteiger partial charge in [-0.3, -0.25) is 14.4 Å². The van der Waals surface area contributed by atoms with Gasteiger partial charge in [-0.1, -0.05) is 42.5 Å². The summed E-state index contributed by atoms with van der Waals surface area (Å²) in [4.78, 5) is 44.6. The number of thiazole rings is 1. The van der Waals surface area contributed by atoms with E-state index >= 15 is 0 Å². The third-order valence-electron chi connectivity index (χ3n) is 6.57. The molecular formula is C28H29F3N4O4S. The lowest BCUT2D eigenvalue weighted by molar-refractivity contribution is -0.147. The number of amides is 3. The number of rotatable bonds is 9. The molecule has 4 rings (SSSR count). The van der Waals surface area contributed by atoms with Gasteiger partial charge < -0.3 is 20.6 Å². The van der Waals surface area contributed by atoms with Crippen LogP contribution < -0.4 is 10.6 Å². The Kier molecular flexibility index (Phi) is 8.89. The lowest BCUT2D eigenvalue weighted by Crippen LogP contribution is -2.55. The molecule has 12 heteroatoms. The fraction of sp³-hybridized carbons (Fsp3) is 0.357. The average Bonchev–Trinajstić information content (AvgIpc) is 3.43. The van der Waals surface area contributed by atoms with E-state index in [1.807, 2.05) is 0 Å². The lowest BCUT2D eigenvalue weighted by atomic mass is 9.99. The first-order chi connectivity index (χ1) is 18.9. The Morgan fingerprint density at radius 2 is 1.82 bits per heavy atom. The Labute approximate surface area is 233 Å². The minimum absolute atomic E-state index is 0.0248. The minimum Gasteiger partial charge on any atom is -0.381 e. The van der Waals surface area contributed by atoms with Crippen LogP contribution in [0.1, 0.15) is 37.9 Å². The van der Waals surface area contributed by atoms with Crippen molar-refractivity contribution in [3.63, 3.8) is 0 Å². The molecule has 0 saturated carbocycles. The maximum absolute atomic E-state index is 14.5. The zero-order valence-electron chi connectivity index (χ0n) is 21.9. The predicted molar refractivity (Wildman–Crippen MR) is 142 cm³/mol. The molecule has 1 aliphatic heterocycles. The molecular weight excluding hydrogens is 545 g/mol. The SMILES string of the molecule is Cc1nc(C)c(C(=O)N[C@@H](Cc2ccccc2)[C@H](O)C(=O)N2CC(F)(F)C[C@H]2C(=O)NCc2cccc(F)c2)s1. The van der Waals surface area contributed by atoms with E-state index in [-0.39, 0.29) is 13.0 Å². The van der Waals surface area contributed by atoms with E-state index in [2.05, 4.69) is 15.6 Å². The van der Waals surface area contributed by atoms with Crippen LogP contribution in [0.25, 0.3) is 0 Å². The van der Waals surface area contributed by atoms with Crippen molar-refractivity contribution >= 4 is 29.1 Å². The monoisotopic (exact) mass is 574 g/mol. The van der Waals surface area contributed by atoms with Gasteiger partial charge in [-0.25, -0.2) is 18.2 Å². The average molecular weight is 575 g/mol. The normalized spacial score (nSPS) is 17.8. The molecule has 2 aromatic carbocycles. The van der Waals surface area contributed by atoms with Crippen LogP contribution in [-0.4, -0.2) is 63.4 Å². The van der Waals surface area contributed by atoms with Crippen LogP contribution in [0.4, 0.5) is 13.2 Å². The number of aromatic nitrogens is 1. The smallest absolute Gasteiger partial charge is 0.267 e. The van der Waals surface area contributed by atoms with E-state index in [0.29, 0.717) is 31.6 Å². The molecule has 1 fully saturated rings. The summed E-state index contributed by atoms with van der Waals surface area (Å²) in [6.45, 7) is 2.19. The van der Waals surface area contributed by atoms with Gasteiger partial charge in [0, 0.05) is 13.0 Å². The van der Waals surface area contributed by atoms with Crippen LogP contribution in [0.15, 0.2) is 54.6 Å². The number of carbonyl (C=O) groups excluding carboxylic acids is 3. The summed E-state index contributed by atoms with van der Waals surface area (Å²) >= 11 is 1.15. The molecule has 3 N–H and O–H groups in total. The Morgan fingerprint density at radius 1 is 1.12 bits per heavy atom. The van der Waals surface area contributed by atoms with Crippen LogP contribution in [0.2, 0.25) is 0 Å². The van der Waals surface area contributed by atoms with Crippen molar-refractivity contribution in [3.8, 4) is 0 Å². The molecule has 1 aliphatic rings. The second-order valence-corrected chi connectivity index (χ2v) is 11.0. The number of hydrogen-bond acceptors (Lipinski definition) is 6. The van der Waals surface area contributed by atoms with Crippen LogP contribution in [0, 0.1) is 19.7 Å². The first-order valence-corrected chi connectivity index (χ1v) is 13.4. The lowest BCUT2D eigenvalue weighted by Gasteiger charge is -2.30. The number of nitrogens with zero attached hydrogens (tertiary/aromatic N) is 2. The van der Waals surface area contributed by atoms with Gasteiger partial charge in [0.05, 0.1) is 23.3 Å². The zero-order chi connectivity index (χ0) is 29.0. The number of halogens is 3. The Bertz CT molecular complexity index is 1380. The van der Waals surface area contributed by atoms with Crippen LogP contribution in [0.3, 0.4) is 0 Å². The molecule has 3 aromatic rings. The summed E-state index contributed by atoms with van der Waals surface area (Å²) in [7, 11) is 0. The Hall–Kier alpha value is -3.77. The number of alkyl halides is 2. The van der Waals surface area contributed by atoms with Gasteiger partial charge in [-0.2, -0.15) is 0 Å². The highest BCUT2D eigenvalue weighted by molar-refractivity contribution is 7.13. The minimum atomic E-state index is -3.37. The van der Waals surface area contributed by atoms with Gasteiger partial charge in [0.2, 0.25) is 5.91 Å². The standard InChI is InChI=1S/C28H29F3N4O4S/c1-16-24(40-17(2)33-16)26(38)34-21(12-18-7-4-3-5-8-18)23(36)27(39)35-15-28(30,31)13-22(35)25(37)32-14-19-9-6-10-20(29)11-19/h3-11,21-23,36H,12-15H2,1-2H3,(H,32,37)(H,34,38)/t21-,22-,23-/m0/s1. The molecule has 0 bridgehead atoms. The Morgan fingerprint density at radius 3 is 2.48 bits per heavy atom.